The zero-order chi connectivity index (χ0) is 25.7. The first-order valence-electron chi connectivity index (χ1n) is 13.4. The molecular weight excluding hydrogens is 487 g/mol. The van der Waals surface area contributed by atoms with Gasteiger partial charge in [0.25, 0.3) is 0 Å². The second kappa shape index (κ2) is 12.1. The molecule has 2 aliphatic rings. The lowest BCUT2D eigenvalue weighted by Gasteiger charge is -2.32. The first-order valence-corrected chi connectivity index (χ1v) is 15.5. The van der Waals surface area contributed by atoms with E-state index in [0.29, 0.717) is 5.92 Å². The second-order valence-corrected chi connectivity index (χ2v) is 13.7. The first kappa shape index (κ1) is 27.1. The normalized spacial score (nSPS) is 22.1. The van der Waals surface area contributed by atoms with E-state index in [9.17, 15) is 22.0 Å². The van der Waals surface area contributed by atoms with E-state index in [1.54, 1.807) is 6.07 Å². The summed E-state index contributed by atoms with van der Waals surface area (Å²) < 4.78 is 69.8. The zero-order valence-corrected chi connectivity index (χ0v) is 22.0. The molecule has 4 rings (SSSR count). The van der Waals surface area contributed by atoms with Gasteiger partial charge in [-0.2, -0.15) is 0 Å². The Morgan fingerprint density at radius 1 is 0.833 bits per heavy atom. The lowest BCUT2D eigenvalue weighted by atomic mass is 9.76. The van der Waals surface area contributed by atoms with E-state index in [2.05, 4.69) is 11.7 Å². The molecule has 0 spiro atoms. The van der Waals surface area contributed by atoms with E-state index in [4.69, 9.17) is 0 Å². The third-order valence-corrected chi connectivity index (χ3v) is 11.4. The van der Waals surface area contributed by atoms with Crippen LogP contribution >= 0.6 is 0 Å². The van der Waals surface area contributed by atoms with E-state index < -0.39 is 23.7 Å². The number of hydrogen-bond donors (Lipinski definition) is 0. The van der Waals surface area contributed by atoms with Gasteiger partial charge in [0.15, 0.2) is 11.6 Å². The lowest BCUT2D eigenvalue weighted by Crippen LogP contribution is -2.22. The predicted molar refractivity (Wildman–Crippen MR) is 136 cm³/mol. The summed E-state index contributed by atoms with van der Waals surface area (Å²) >= 11 is 0. The molecule has 0 unspecified atom stereocenters. The fourth-order valence-electron chi connectivity index (χ4n) is 6.13. The van der Waals surface area contributed by atoms with Crippen LogP contribution in [0.25, 0.3) is 11.1 Å². The molecule has 2 aromatic rings. The molecule has 1 aliphatic carbocycles. The molecule has 0 amide bonds. The minimum Gasteiger partial charge on any atom is -0.403 e. The number of benzene rings is 2. The Kier molecular flexibility index (Phi) is 9.13. The van der Waals surface area contributed by atoms with Gasteiger partial charge >= 0.3 is 6.36 Å². The van der Waals surface area contributed by atoms with E-state index in [1.807, 2.05) is 6.07 Å². The molecule has 2 fully saturated rings. The third kappa shape index (κ3) is 7.33. The van der Waals surface area contributed by atoms with Crippen LogP contribution in [0.4, 0.5) is 22.0 Å². The van der Waals surface area contributed by atoms with Crippen molar-refractivity contribution in [2.75, 3.05) is 0 Å². The predicted octanol–water partition coefficient (Wildman–Crippen LogP) is 9.90. The number of halogens is 5. The van der Waals surface area contributed by atoms with Crippen LogP contribution in [0.2, 0.25) is 18.1 Å². The van der Waals surface area contributed by atoms with Gasteiger partial charge in [-0.15, -0.1) is 13.2 Å². The van der Waals surface area contributed by atoms with Crippen molar-refractivity contribution in [3.63, 3.8) is 0 Å². The minimum absolute atomic E-state index is 0.0418. The molecular formula is C29H36F5OSi. The summed E-state index contributed by atoms with van der Waals surface area (Å²) in [5.74, 6) is -0.576. The van der Waals surface area contributed by atoms with Gasteiger partial charge in [0.1, 0.15) is 5.82 Å². The smallest absolute Gasteiger partial charge is 0.403 e. The molecule has 1 nitrogen and oxygen atoms in total. The molecule has 0 atom stereocenters. The highest BCUT2D eigenvalue weighted by molar-refractivity contribution is 6.58. The molecule has 2 aromatic carbocycles. The van der Waals surface area contributed by atoms with Crippen molar-refractivity contribution in [2.45, 2.75) is 95.1 Å². The SMILES string of the molecule is CCC[Si]1CCC(CCC2CCC(c3ccc(-c4ccc(OC(F)(F)F)c(F)c4)c(F)c3)CC2)CC1. The first-order chi connectivity index (χ1) is 17.2. The van der Waals surface area contributed by atoms with Crippen LogP contribution in [-0.2, 0) is 0 Å². The molecule has 36 heavy (non-hydrogen) atoms. The highest BCUT2D eigenvalue weighted by atomic mass is 28.3. The molecule has 7 heteroatoms. The highest BCUT2D eigenvalue weighted by Gasteiger charge is 2.32. The van der Waals surface area contributed by atoms with Gasteiger partial charge in [-0.3, -0.25) is 0 Å². The average Bonchev–Trinajstić information content (AvgIpc) is 2.85. The highest BCUT2D eigenvalue weighted by Crippen LogP contribution is 2.40. The number of alkyl halides is 3. The summed E-state index contributed by atoms with van der Waals surface area (Å²) in [7, 11) is -0.0418. The van der Waals surface area contributed by atoms with Crippen LogP contribution in [-0.4, -0.2) is 15.2 Å². The maximum absolute atomic E-state index is 14.9. The second-order valence-electron chi connectivity index (χ2n) is 10.7. The summed E-state index contributed by atoms with van der Waals surface area (Å²) in [4.78, 5) is 0. The summed E-state index contributed by atoms with van der Waals surface area (Å²) in [6.07, 6.45) is 6.39. The van der Waals surface area contributed by atoms with Crippen LogP contribution < -0.4 is 4.74 Å². The molecule has 1 radical (unpaired) electrons. The van der Waals surface area contributed by atoms with Crippen molar-refractivity contribution in [1.82, 2.24) is 0 Å². The van der Waals surface area contributed by atoms with Gasteiger partial charge in [0.2, 0.25) is 0 Å². The van der Waals surface area contributed by atoms with Crippen molar-refractivity contribution < 1.29 is 26.7 Å². The van der Waals surface area contributed by atoms with Crippen molar-refractivity contribution in [3.05, 3.63) is 53.6 Å². The Labute approximate surface area is 213 Å². The standard InChI is InChI=1S/C29H36F5OSi/c1-2-15-36-16-13-21(14-17-36)4-3-20-5-7-22(8-6-20)23-9-11-25(26(30)18-23)24-10-12-28(27(31)19-24)35-29(32,33)34/h9-12,18-22H,2-8,13-17H2,1H3. The van der Waals surface area contributed by atoms with E-state index in [-0.39, 0.29) is 19.9 Å². The number of hydrogen-bond acceptors (Lipinski definition) is 1. The lowest BCUT2D eigenvalue weighted by molar-refractivity contribution is -0.275. The van der Waals surface area contributed by atoms with Gasteiger partial charge in [-0.05, 0) is 72.8 Å². The van der Waals surface area contributed by atoms with Crippen molar-refractivity contribution in [2.24, 2.45) is 11.8 Å². The van der Waals surface area contributed by atoms with Gasteiger partial charge in [0.05, 0.1) is 0 Å². The Morgan fingerprint density at radius 2 is 1.50 bits per heavy atom. The van der Waals surface area contributed by atoms with E-state index in [1.165, 1.54) is 75.2 Å². The molecule has 0 aromatic heterocycles. The third-order valence-electron chi connectivity index (χ3n) is 8.18. The minimum atomic E-state index is -4.98. The Balaban J connectivity index is 1.28. The van der Waals surface area contributed by atoms with Gasteiger partial charge in [-0.1, -0.05) is 75.4 Å². The molecule has 1 aliphatic heterocycles. The average molecular weight is 524 g/mol. The van der Waals surface area contributed by atoms with Crippen LogP contribution in [0, 0.1) is 23.5 Å². The quantitative estimate of drug-likeness (QED) is 0.247. The topological polar surface area (TPSA) is 9.23 Å². The number of ether oxygens (including phenoxy) is 1. The van der Waals surface area contributed by atoms with Gasteiger partial charge in [0, 0.05) is 14.4 Å². The van der Waals surface area contributed by atoms with Crippen LogP contribution in [0.1, 0.15) is 76.2 Å². The van der Waals surface area contributed by atoms with Crippen molar-refractivity contribution in [3.8, 4) is 16.9 Å². The van der Waals surface area contributed by atoms with E-state index >= 15 is 0 Å². The molecule has 197 valence electrons. The van der Waals surface area contributed by atoms with Crippen LogP contribution in [0.5, 0.6) is 5.75 Å². The molecule has 1 heterocycles. The monoisotopic (exact) mass is 523 g/mol. The Hall–Kier alpha value is -1.89. The largest absolute Gasteiger partial charge is 0.573 e. The Bertz CT molecular complexity index is 992. The van der Waals surface area contributed by atoms with Crippen molar-refractivity contribution in [1.29, 1.82) is 0 Å². The summed E-state index contributed by atoms with van der Waals surface area (Å²) in [5.41, 5.74) is 1.30. The number of rotatable bonds is 8. The molecule has 0 N–H and O–H groups in total. The Morgan fingerprint density at radius 3 is 2.08 bits per heavy atom. The van der Waals surface area contributed by atoms with E-state index in [0.717, 1.165) is 42.4 Å². The fourth-order valence-corrected chi connectivity index (χ4v) is 9.22. The maximum atomic E-state index is 14.9. The zero-order valence-electron chi connectivity index (χ0n) is 21.0. The van der Waals surface area contributed by atoms with Crippen LogP contribution in [0.3, 0.4) is 0 Å². The summed E-state index contributed by atoms with van der Waals surface area (Å²) in [6, 6.07) is 12.5. The summed E-state index contributed by atoms with van der Waals surface area (Å²) in [5, 5.41) is 0. The van der Waals surface area contributed by atoms with Crippen molar-refractivity contribution >= 4 is 8.80 Å². The van der Waals surface area contributed by atoms with Crippen LogP contribution in [0.15, 0.2) is 36.4 Å². The molecule has 0 bridgehead atoms. The van der Waals surface area contributed by atoms with Gasteiger partial charge in [-0.25, -0.2) is 8.78 Å². The summed E-state index contributed by atoms with van der Waals surface area (Å²) in [6.45, 7) is 2.31. The fraction of sp³-hybridized carbons (Fsp3) is 0.586. The maximum Gasteiger partial charge on any atom is 0.573 e. The molecule has 1 saturated carbocycles. The van der Waals surface area contributed by atoms with Gasteiger partial charge < -0.3 is 4.74 Å². The molecule has 1 saturated heterocycles.